The molecule has 0 bridgehead atoms. The molecule has 1 aromatic heterocycles. The Morgan fingerprint density at radius 1 is 1.47 bits per heavy atom. The molecular weight excluding hydrogens is 190 g/mol. The van der Waals surface area contributed by atoms with Gasteiger partial charge in [-0.2, -0.15) is 0 Å². The highest BCUT2D eigenvalue weighted by molar-refractivity contribution is 6.00. The van der Waals surface area contributed by atoms with Crippen LogP contribution in [-0.4, -0.2) is 11.8 Å². The number of carbonyl (C=O) groups excluding carboxylic acids is 1. The molecule has 0 aliphatic carbocycles. The molecule has 3 heteroatoms. The molecule has 2 N–H and O–H groups in total. The van der Waals surface area contributed by atoms with Gasteiger partial charge in [0.25, 0.3) is 0 Å². The summed E-state index contributed by atoms with van der Waals surface area (Å²) in [5, 5.41) is 0.934. The first kappa shape index (κ1) is 9.93. The number of fused-ring (bicyclic) bond motifs is 1. The molecule has 0 aliphatic rings. The van der Waals surface area contributed by atoms with Crippen molar-refractivity contribution in [1.82, 2.24) is 0 Å². The number of para-hydroxylation sites is 1. The smallest absolute Gasteiger partial charge is 0.214 e. The summed E-state index contributed by atoms with van der Waals surface area (Å²) < 4.78 is 5.42. The Bertz CT molecular complexity index is 454. The monoisotopic (exact) mass is 203 g/mol. The summed E-state index contributed by atoms with van der Waals surface area (Å²) in [5.74, 6) is 0.222. The van der Waals surface area contributed by atoms with Gasteiger partial charge in [-0.3, -0.25) is 4.79 Å². The van der Waals surface area contributed by atoms with E-state index in [4.69, 9.17) is 10.2 Å². The molecule has 3 nitrogen and oxygen atoms in total. The van der Waals surface area contributed by atoms with Crippen molar-refractivity contribution in [3.05, 3.63) is 36.1 Å². The van der Waals surface area contributed by atoms with Crippen molar-refractivity contribution in [3.8, 4) is 0 Å². The number of rotatable bonds is 3. The van der Waals surface area contributed by atoms with Gasteiger partial charge in [-0.1, -0.05) is 25.1 Å². The molecule has 78 valence electrons. The van der Waals surface area contributed by atoms with Crippen LogP contribution in [0.4, 0.5) is 0 Å². The Labute approximate surface area is 87.9 Å². The Kier molecular flexibility index (Phi) is 2.56. The van der Waals surface area contributed by atoms with E-state index in [1.165, 1.54) is 0 Å². The van der Waals surface area contributed by atoms with Crippen LogP contribution in [0.2, 0.25) is 0 Å². The summed E-state index contributed by atoms with van der Waals surface area (Å²) >= 11 is 0. The summed E-state index contributed by atoms with van der Waals surface area (Å²) in [7, 11) is 0. The maximum Gasteiger partial charge on any atom is 0.214 e. The van der Waals surface area contributed by atoms with Crippen molar-refractivity contribution < 1.29 is 9.21 Å². The Hall–Kier alpha value is -1.61. The van der Waals surface area contributed by atoms with Crippen LogP contribution in [0.5, 0.6) is 0 Å². The number of furan rings is 1. The minimum Gasteiger partial charge on any atom is -0.453 e. The average Bonchev–Trinajstić information content (AvgIpc) is 2.70. The van der Waals surface area contributed by atoms with Gasteiger partial charge in [-0.15, -0.1) is 0 Å². The SMILES string of the molecule is CCC(N)C(=O)c1cc2ccccc2o1. The highest BCUT2D eigenvalue weighted by atomic mass is 16.3. The molecule has 0 aliphatic heterocycles. The number of Topliss-reactive ketones (excluding diaryl/α,β-unsaturated/α-hetero) is 1. The van der Waals surface area contributed by atoms with E-state index in [0.717, 1.165) is 11.0 Å². The Morgan fingerprint density at radius 3 is 2.87 bits per heavy atom. The topological polar surface area (TPSA) is 56.2 Å². The number of hydrogen-bond acceptors (Lipinski definition) is 3. The number of benzene rings is 1. The van der Waals surface area contributed by atoms with Crippen LogP contribution in [0.15, 0.2) is 34.7 Å². The van der Waals surface area contributed by atoms with Gasteiger partial charge in [-0.25, -0.2) is 0 Å². The van der Waals surface area contributed by atoms with Gasteiger partial charge in [0.1, 0.15) is 5.58 Å². The molecule has 15 heavy (non-hydrogen) atoms. The van der Waals surface area contributed by atoms with E-state index in [1.54, 1.807) is 6.07 Å². The summed E-state index contributed by atoms with van der Waals surface area (Å²) in [6.45, 7) is 1.88. The molecule has 0 fully saturated rings. The molecule has 0 saturated heterocycles. The van der Waals surface area contributed by atoms with E-state index in [2.05, 4.69) is 0 Å². The van der Waals surface area contributed by atoms with Gasteiger partial charge < -0.3 is 10.2 Å². The molecule has 1 heterocycles. The van der Waals surface area contributed by atoms with Crippen LogP contribution in [0.3, 0.4) is 0 Å². The third-order valence-corrected chi connectivity index (χ3v) is 2.44. The molecule has 0 amide bonds. The molecule has 2 aromatic rings. The predicted octanol–water partition coefficient (Wildman–Crippen LogP) is 2.35. The molecule has 0 spiro atoms. The summed E-state index contributed by atoms with van der Waals surface area (Å²) in [5.41, 5.74) is 6.39. The lowest BCUT2D eigenvalue weighted by atomic mass is 10.1. The van der Waals surface area contributed by atoms with E-state index in [0.29, 0.717) is 12.2 Å². The maximum atomic E-state index is 11.7. The fraction of sp³-hybridized carbons (Fsp3) is 0.250. The summed E-state index contributed by atoms with van der Waals surface area (Å²) in [4.78, 5) is 11.7. The van der Waals surface area contributed by atoms with Crippen LogP contribution in [0.25, 0.3) is 11.0 Å². The fourth-order valence-corrected chi connectivity index (χ4v) is 1.47. The lowest BCUT2D eigenvalue weighted by molar-refractivity contribution is 0.0934. The second kappa shape index (κ2) is 3.87. The van der Waals surface area contributed by atoms with Crippen LogP contribution in [-0.2, 0) is 0 Å². The molecule has 1 aromatic carbocycles. The van der Waals surface area contributed by atoms with Gasteiger partial charge >= 0.3 is 0 Å². The van der Waals surface area contributed by atoms with Gasteiger partial charge in [0.05, 0.1) is 6.04 Å². The lowest BCUT2D eigenvalue weighted by Gasteiger charge is -2.03. The highest BCUT2D eigenvalue weighted by Crippen LogP contribution is 2.19. The van der Waals surface area contributed by atoms with E-state index in [9.17, 15) is 4.79 Å². The third kappa shape index (κ3) is 1.78. The molecular formula is C12H13NO2. The number of carbonyl (C=O) groups is 1. The Balaban J connectivity index is 2.41. The first-order valence-electron chi connectivity index (χ1n) is 5.00. The largest absolute Gasteiger partial charge is 0.453 e. The lowest BCUT2D eigenvalue weighted by Crippen LogP contribution is -2.29. The van der Waals surface area contributed by atoms with Crippen LogP contribution in [0, 0.1) is 0 Å². The number of nitrogens with two attached hydrogens (primary N) is 1. The zero-order valence-electron chi connectivity index (χ0n) is 8.57. The van der Waals surface area contributed by atoms with Crippen molar-refractivity contribution in [2.75, 3.05) is 0 Å². The van der Waals surface area contributed by atoms with Gasteiger partial charge in [0, 0.05) is 5.39 Å². The zero-order chi connectivity index (χ0) is 10.8. The van der Waals surface area contributed by atoms with E-state index < -0.39 is 6.04 Å². The molecule has 1 atom stereocenters. The molecule has 2 rings (SSSR count). The van der Waals surface area contributed by atoms with Crippen molar-refractivity contribution in [2.45, 2.75) is 19.4 Å². The fourth-order valence-electron chi connectivity index (χ4n) is 1.47. The summed E-state index contributed by atoms with van der Waals surface area (Å²) in [6, 6.07) is 8.81. The number of hydrogen-bond donors (Lipinski definition) is 1. The van der Waals surface area contributed by atoms with Crippen LogP contribution < -0.4 is 5.73 Å². The third-order valence-electron chi connectivity index (χ3n) is 2.44. The molecule has 0 saturated carbocycles. The number of ketones is 1. The highest BCUT2D eigenvalue weighted by Gasteiger charge is 2.17. The van der Waals surface area contributed by atoms with Crippen molar-refractivity contribution in [1.29, 1.82) is 0 Å². The first-order valence-corrected chi connectivity index (χ1v) is 5.00. The van der Waals surface area contributed by atoms with Gasteiger partial charge in [0.15, 0.2) is 5.76 Å². The predicted molar refractivity (Wildman–Crippen MR) is 58.8 cm³/mol. The van der Waals surface area contributed by atoms with E-state index >= 15 is 0 Å². The van der Waals surface area contributed by atoms with Gasteiger partial charge in [0.2, 0.25) is 5.78 Å². The maximum absolute atomic E-state index is 11.7. The second-order valence-corrected chi connectivity index (χ2v) is 3.53. The van der Waals surface area contributed by atoms with Crippen molar-refractivity contribution >= 4 is 16.8 Å². The van der Waals surface area contributed by atoms with E-state index in [-0.39, 0.29) is 5.78 Å². The van der Waals surface area contributed by atoms with Crippen LogP contribution in [0.1, 0.15) is 23.9 Å². The van der Waals surface area contributed by atoms with E-state index in [1.807, 2.05) is 31.2 Å². The molecule has 1 unspecified atom stereocenters. The summed E-state index contributed by atoms with van der Waals surface area (Å²) in [6.07, 6.45) is 0.621. The normalized spacial score (nSPS) is 12.9. The van der Waals surface area contributed by atoms with Gasteiger partial charge in [-0.05, 0) is 18.6 Å². The average molecular weight is 203 g/mol. The van der Waals surface area contributed by atoms with Crippen molar-refractivity contribution in [2.24, 2.45) is 5.73 Å². The minimum atomic E-state index is -0.467. The second-order valence-electron chi connectivity index (χ2n) is 3.53. The zero-order valence-corrected chi connectivity index (χ0v) is 8.57. The first-order chi connectivity index (χ1) is 7.22. The Morgan fingerprint density at radius 2 is 2.20 bits per heavy atom. The quantitative estimate of drug-likeness (QED) is 0.779. The molecule has 0 radical (unpaired) electrons. The van der Waals surface area contributed by atoms with Crippen molar-refractivity contribution in [3.63, 3.8) is 0 Å². The van der Waals surface area contributed by atoms with Crippen LogP contribution >= 0.6 is 0 Å². The minimum absolute atomic E-state index is 0.131. The standard InChI is InChI=1S/C12H13NO2/c1-2-9(13)12(14)11-7-8-5-3-4-6-10(8)15-11/h3-7,9H,2,13H2,1H3.